The van der Waals surface area contributed by atoms with Crippen LogP contribution in [0, 0.1) is 10.1 Å². The van der Waals surface area contributed by atoms with Crippen molar-refractivity contribution in [2.45, 2.75) is 51.4 Å². The van der Waals surface area contributed by atoms with Gasteiger partial charge in [-0.1, -0.05) is 0 Å². The third kappa shape index (κ3) is 3.08. The molecule has 1 unspecified atom stereocenters. The highest BCUT2D eigenvalue weighted by Gasteiger charge is 2.58. The summed E-state index contributed by atoms with van der Waals surface area (Å²) in [5.41, 5.74) is 0.0745. The van der Waals surface area contributed by atoms with Crippen LogP contribution in [-0.2, 0) is 14.9 Å². The number of carbonyl (C=O) groups excluding carboxylic acids is 1. The molecule has 8 nitrogen and oxygen atoms in total. The first kappa shape index (κ1) is 19.7. The second-order valence-corrected chi connectivity index (χ2v) is 8.46. The Kier molecular flexibility index (Phi) is 4.41. The molecule has 2 aliphatic heterocycles. The number of nitrogens with one attached hydrogen (secondary N) is 1. The second kappa shape index (κ2) is 6.25. The summed E-state index contributed by atoms with van der Waals surface area (Å²) in [6.45, 7) is 9.30. The van der Waals surface area contributed by atoms with E-state index in [-0.39, 0.29) is 5.88 Å². The lowest BCUT2D eigenvalue weighted by Gasteiger charge is -2.43. The lowest BCUT2D eigenvalue weighted by Crippen LogP contribution is -2.55. The van der Waals surface area contributed by atoms with Crippen LogP contribution in [0.3, 0.4) is 0 Å². The molecule has 1 N–H and O–H groups in total. The molecule has 1 atom stereocenters. The molecule has 0 bridgehead atoms. The molecule has 2 heterocycles. The molecule has 0 aromatic heterocycles. The van der Waals surface area contributed by atoms with Gasteiger partial charge in [0.1, 0.15) is 10.5 Å². The molecule has 1 aromatic rings. The predicted octanol–water partition coefficient (Wildman–Crippen LogP) is 4.16. The van der Waals surface area contributed by atoms with Crippen molar-refractivity contribution in [3.63, 3.8) is 0 Å². The van der Waals surface area contributed by atoms with Crippen LogP contribution in [0.25, 0.3) is 0 Å². The van der Waals surface area contributed by atoms with Crippen LogP contribution in [-0.4, -0.2) is 29.4 Å². The Morgan fingerprint density at radius 2 is 2.00 bits per heavy atom. The summed E-state index contributed by atoms with van der Waals surface area (Å²) >= 11 is 0. The van der Waals surface area contributed by atoms with Gasteiger partial charge in [0.15, 0.2) is 0 Å². The van der Waals surface area contributed by atoms with Gasteiger partial charge in [0.05, 0.1) is 11.5 Å². The SMILES string of the molecule is CN1c2ccc(NC(=O)OC(C)(C)C)cc2C(C)(C)C12C=CC=C([N+](=O)[O-])O2. The van der Waals surface area contributed by atoms with Crippen LogP contribution in [0.2, 0.25) is 0 Å². The van der Waals surface area contributed by atoms with Gasteiger partial charge < -0.3 is 14.4 Å². The first-order chi connectivity index (χ1) is 12.9. The average Bonchev–Trinajstić information content (AvgIpc) is 2.72. The second-order valence-electron chi connectivity index (χ2n) is 8.46. The molecule has 1 amide bonds. The van der Waals surface area contributed by atoms with Gasteiger partial charge in [-0.25, -0.2) is 4.79 Å². The number of hydrogen-bond donors (Lipinski definition) is 1. The van der Waals surface area contributed by atoms with E-state index in [4.69, 9.17) is 9.47 Å². The van der Waals surface area contributed by atoms with E-state index in [0.29, 0.717) is 5.69 Å². The third-order valence-corrected chi connectivity index (χ3v) is 5.07. The van der Waals surface area contributed by atoms with E-state index in [1.807, 2.05) is 44.0 Å². The number of likely N-dealkylation sites (N-methyl/N-ethyl adjacent to an activating group) is 1. The van der Waals surface area contributed by atoms with E-state index in [1.165, 1.54) is 6.08 Å². The molecule has 2 aliphatic rings. The van der Waals surface area contributed by atoms with Gasteiger partial charge in [0, 0.05) is 18.4 Å². The molecule has 0 radical (unpaired) electrons. The summed E-state index contributed by atoms with van der Waals surface area (Å²) in [5.74, 6) is -0.303. The number of nitrogens with zero attached hydrogens (tertiary/aromatic N) is 2. The summed E-state index contributed by atoms with van der Waals surface area (Å²) in [4.78, 5) is 24.7. The fraction of sp³-hybridized carbons (Fsp3) is 0.450. The first-order valence-corrected chi connectivity index (χ1v) is 8.99. The molecule has 3 rings (SSSR count). The molecule has 0 saturated carbocycles. The van der Waals surface area contributed by atoms with Crippen LogP contribution >= 0.6 is 0 Å². The number of amides is 1. The number of rotatable bonds is 2. The minimum Gasteiger partial charge on any atom is -0.444 e. The lowest BCUT2D eigenvalue weighted by molar-refractivity contribution is -0.472. The first-order valence-electron chi connectivity index (χ1n) is 8.99. The molecule has 1 aromatic carbocycles. The number of allylic oxidation sites excluding steroid dienone is 2. The van der Waals surface area contributed by atoms with Crippen molar-refractivity contribution in [1.29, 1.82) is 0 Å². The van der Waals surface area contributed by atoms with Crippen molar-refractivity contribution in [2.24, 2.45) is 0 Å². The Bertz CT molecular complexity index is 898. The molecule has 1 spiro atoms. The highest BCUT2D eigenvalue weighted by atomic mass is 16.7. The van der Waals surface area contributed by atoms with Crippen molar-refractivity contribution in [2.75, 3.05) is 17.3 Å². The van der Waals surface area contributed by atoms with E-state index in [2.05, 4.69) is 5.32 Å². The topological polar surface area (TPSA) is 93.9 Å². The molecular weight excluding hydrogens is 362 g/mol. The molecule has 150 valence electrons. The molecule has 8 heteroatoms. The summed E-state index contributed by atoms with van der Waals surface area (Å²) in [7, 11) is 1.84. The zero-order valence-electron chi connectivity index (χ0n) is 16.9. The van der Waals surface area contributed by atoms with Gasteiger partial charge in [-0.05, 0) is 70.5 Å². The fourth-order valence-electron chi connectivity index (χ4n) is 3.72. The number of ether oxygens (including phenoxy) is 2. The maximum Gasteiger partial charge on any atom is 0.430 e. The van der Waals surface area contributed by atoms with E-state index in [0.717, 1.165) is 11.3 Å². The Morgan fingerprint density at radius 1 is 1.32 bits per heavy atom. The minimum absolute atomic E-state index is 0.303. The minimum atomic E-state index is -1.04. The fourth-order valence-corrected chi connectivity index (χ4v) is 3.72. The van der Waals surface area contributed by atoms with Crippen LogP contribution in [0.1, 0.15) is 40.2 Å². The van der Waals surface area contributed by atoms with Crippen LogP contribution in [0.5, 0.6) is 0 Å². The predicted molar refractivity (Wildman–Crippen MR) is 106 cm³/mol. The average molecular weight is 387 g/mol. The van der Waals surface area contributed by atoms with Crippen LogP contribution in [0.15, 0.2) is 42.3 Å². The summed E-state index contributed by atoms with van der Waals surface area (Å²) in [6.07, 6.45) is 4.26. The molecule has 0 aliphatic carbocycles. The van der Waals surface area contributed by atoms with Crippen molar-refractivity contribution < 1.29 is 19.2 Å². The number of nitro groups is 1. The molecular formula is C20H25N3O5. The van der Waals surface area contributed by atoms with E-state index in [1.54, 1.807) is 32.9 Å². The number of anilines is 2. The van der Waals surface area contributed by atoms with Gasteiger partial charge in [-0.15, -0.1) is 0 Å². The lowest BCUT2D eigenvalue weighted by atomic mass is 9.76. The van der Waals surface area contributed by atoms with E-state index >= 15 is 0 Å². The van der Waals surface area contributed by atoms with E-state index < -0.39 is 27.8 Å². The van der Waals surface area contributed by atoms with Crippen LogP contribution < -0.4 is 10.2 Å². The van der Waals surface area contributed by atoms with E-state index in [9.17, 15) is 14.9 Å². The van der Waals surface area contributed by atoms with Gasteiger partial charge in [-0.3, -0.25) is 15.4 Å². The summed E-state index contributed by atoms with van der Waals surface area (Å²) in [6, 6.07) is 5.48. The highest BCUT2D eigenvalue weighted by Crippen LogP contribution is 2.54. The van der Waals surface area contributed by atoms with Gasteiger partial charge >= 0.3 is 12.0 Å². The smallest absolute Gasteiger partial charge is 0.430 e. The summed E-state index contributed by atoms with van der Waals surface area (Å²) in [5, 5.41) is 14.0. The zero-order valence-corrected chi connectivity index (χ0v) is 16.9. The maximum absolute atomic E-state index is 12.1. The van der Waals surface area contributed by atoms with Gasteiger partial charge in [0.25, 0.3) is 0 Å². The van der Waals surface area contributed by atoms with Crippen molar-refractivity contribution in [3.8, 4) is 0 Å². The van der Waals surface area contributed by atoms with Gasteiger partial charge in [0.2, 0.25) is 5.72 Å². The largest absolute Gasteiger partial charge is 0.444 e. The molecule has 0 fully saturated rings. The standard InChI is InChI=1S/C20H25N3O5/c1-18(2,3)28-17(24)21-13-9-10-15-14(12-13)19(4,5)20(22(15)6)11-7-8-16(27-20)23(25)26/h7-12H,1-6H3,(H,21,24). The zero-order chi connectivity index (χ0) is 20.9. The monoisotopic (exact) mass is 387 g/mol. The van der Waals surface area contributed by atoms with Crippen molar-refractivity contribution in [1.82, 2.24) is 0 Å². The molecule has 0 saturated heterocycles. The number of fused-ring (bicyclic) bond motifs is 1. The number of hydrogen-bond acceptors (Lipinski definition) is 6. The Labute approximate surface area is 164 Å². The quantitative estimate of drug-likeness (QED) is 0.605. The van der Waals surface area contributed by atoms with Crippen molar-refractivity contribution in [3.05, 3.63) is 58.0 Å². The summed E-state index contributed by atoms with van der Waals surface area (Å²) < 4.78 is 11.2. The van der Waals surface area contributed by atoms with Gasteiger partial charge in [-0.2, -0.15) is 0 Å². The Hall–Kier alpha value is -3.03. The molecule has 28 heavy (non-hydrogen) atoms. The third-order valence-electron chi connectivity index (χ3n) is 5.07. The number of benzene rings is 1. The number of carbonyl (C=O) groups is 1. The highest BCUT2D eigenvalue weighted by molar-refractivity contribution is 5.86. The van der Waals surface area contributed by atoms with Crippen molar-refractivity contribution >= 4 is 17.5 Å². The Balaban J connectivity index is 1.95. The maximum atomic E-state index is 12.1. The van der Waals surface area contributed by atoms with Crippen LogP contribution in [0.4, 0.5) is 16.2 Å². The Morgan fingerprint density at radius 3 is 2.61 bits per heavy atom. The normalized spacial score (nSPS) is 22.4.